The van der Waals surface area contributed by atoms with Crippen molar-refractivity contribution in [3.63, 3.8) is 0 Å². The van der Waals surface area contributed by atoms with Crippen LogP contribution < -0.4 is 10.1 Å². The van der Waals surface area contributed by atoms with Crippen LogP contribution >= 0.6 is 0 Å². The lowest BCUT2D eigenvalue weighted by atomic mass is 10.1. The molecule has 0 atom stereocenters. The fourth-order valence-electron chi connectivity index (χ4n) is 2.79. The summed E-state index contributed by atoms with van der Waals surface area (Å²) in [5.41, 5.74) is 1.51. The molecule has 0 spiro atoms. The van der Waals surface area contributed by atoms with Gasteiger partial charge < -0.3 is 15.0 Å². The summed E-state index contributed by atoms with van der Waals surface area (Å²) in [6, 6.07) is 15.3. The Hall–Kier alpha value is -3.07. The Morgan fingerprint density at radius 2 is 2.00 bits per heavy atom. The lowest BCUT2D eigenvalue weighted by Crippen LogP contribution is -2.46. The number of amides is 2. The van der Waals surface area contributed by atoms with Crippen molar-refractivity contribution in [2.24, 2.45) is 0 Å². The maximum Gasteiger partial charge on any atom is 0.317 e. The van der Waals surface area contributed by atoms with Crippen LogP contribution in [-0.4, -0.2) is 35.1 Å². The van der Waals surface area contributed by atoms with Crippen molar-refractivity contribution in [3.8, 4) is 11.9 Å². The smallest absolute Gasteiger partial charge is 0.317 e. The third-order valence-corrected chi connectivity index (χ3v) is 4.19. The molecule has 1 fully saturated rings. The van der Waals surface area contributed by atoms with Gasteiger partial charge in [0, 0.05) is 38.7 Å². The fourth-order valence-corrected chi connectivity index (χ4v) is 2.79. The zero-order valence-corrected chi connectivity index (χ0v) is 13.9. The lowest BCUT2D eigenvalue weighted by molar-refractivity contribution is 0.107. The summed E-state index contributed by atoms with van der Waals surface area (Å²) in [7, 11) is 0. The van der Waals surface area contributed by atoms with Gasteiger partial charge in [0.25, 0.3) is 0 Å². The van der Waals surface area contributed by atoms with Gasteiger partial charge in [0.1, 0.15) is 17.7 Å². The molecule has 2 heterocycles. The van der Waals surface area contributed by atoms with E-state index in [1.165, 1.54) is 0 Å². The summed E-state index contributed by atoms with van der Waals surface area (Å²) in [5, 5.41) is 12.0. The Kier molecular flexibility index (Phi) is 5.47. The number of hydrogen-bond acceptors (Lipinski definition) is 4. The van der Waals surface area contributed by atoms with Crippen molar-refractivity contribution in [3.05, 3.63) is 59.8 Å². The topological polar surface area (TPSA) is 78.2 Å². The first kappa shape index (κ1) is 16.8. The number of pyridine rings is 1. The van der Waals surface area contributed by atoms with E-state index in [4.69, 9.17) is 10.00 Å². The van der Waals surface area contributed by atoms with E-state index >= 15 is 0 Å². The SMILES string of the molecule is N#Cc1cccnc1OC1CCN(C(=O)NCc2ccccc2)CC1. The number of carbonyl (C=O) groups excluding carboxylic acids is 1. The minimum atomic E-state index is -0.0575. The van der Waals surface area contributed by atoms with Gasteiger partial charge in [-0.3, -0.25) is 0 Å². The van der Waals surface area contributed by atoms with Crippen LogP contribution in [0.5, 0.6) is 5.88 Å². The van der Waals surface area contributed by atoms with Crippen molar-refractivity contribution in [2.75, 3.05) is 13.1 Å². The minimum absolute atomic E-state index is 0.0276. The monoisotopic (exact) mass is 336 g/mol. The van der Waals surface area contributed by atoms with Crippen LogP contribution in [0.4, 0.5) is 4.79 Å². The van der Waals surface area contributed by atoms with E-state index in [0.717, 1.165) is 18.4 Å². The number of piperidine rings is 1. The van der Waals surface area contributed by atoms with Crippen molar-refractivity contribution >= 4 is 6.03 Å². The first-order valence-corrected chi connectivity index (χ1v) is 8.35. The molecular weight excluding hydrogens is 316 g/mol. The Bertz CT molecular complexity index is 750. The fraction of sp³-hybridized carbons (Fsp3) is 0.316. The molecule has 6 heteroatoms. The number of nitriles is 1. The van der Waals surface area contributed by atoms with Gasteiger partial charge in [-0.25, -0.2) is 9.78 Å². The van der Waals surface area contributed by atoms with Gasteiger partial charge in [-0.1, -0.05) is 30.3 Å². The number of nitrogens with one attached hydrogen (secondary N) is 1. The van der Waals surface area contributed by atoms with E-state index < -0.39 is 0 Å². The highest BCUT2D eigenvalue weighted by Gasteiger charge is 2.24. The summed E-state index contributed by atoms with van der Waals surface area (Å²) in [4.78, 5) is 18.2. The molecule has 1 N–H and O–H groups in total. The van der Waals surface area contributed by atoms with Crippen molar-refractivity contribution in [2.45, 2.75) is 25.5 Å². The van der Waals surface area contributed by atoms with Gasteiger partial charge in [0.2, 0.25) is 5.88 Å². The summed E-state index contributed by atoms with van der Waals surface area (Å²) >= 11 is 0. The second-order valence-corrected chi connectivity index (χ2v) is 5.92. The molecule has 6 nitrogen and oxygen atoms in total. The molecule has 128 valence electrons. The molecule has 0 bridgehead atoms. The third-order valence-electron chi connectivity index (χ3n) is 4.19. The van der Waals surface area contributed by atoms with Crippen LogP contribution in [-0.2, 0) is 6.54 Å². The average molecular weight is 336 g/mol. The Morgan fingerprint density at radius 3 is 2.72 bits per heavy atom. The van der Waals surface area contributed by atoms with E-state index in [1.54, 1.807) is 23.2 Å². The first-order chi connectivity index (χ1) is 12.3. The number of hydrogen-bond donors (Lipinski definition) is 1. The third kappa shape index (κ3) is 4.48. The Balaban J connectivity index is 1.47. The van der Waals surface area contributed by atoms with Crippen molar-refractivity contribution in [1.29, 1.82) is 5.26 Å². The normalized spacial score (nSPS) is 14.6. The molecule has 1 aliphatic rings. The number of likely N-dealkylation sites (tertiary alicyclic amines) is 1. The lowest BCUT2D eigenvalue weighted by Gasteiger charge is -2.32. The van der Waals surface area contributed by atoms with Crippen LogP contribution in [0, 0.1) is 11.3 Å². The van der Waals surface area contributed by atoms with E-state index in [0.29, 0.717) is 31.1 Å². The summed E-state index contributed by atoms with van der Waals surface area (Å²) < 4.78 is 5.84. The highest BCUT2D eigenvalue weighted by atomic mass is 16.5. The standard InChI is InChI=1S/C19H20N4O2/c20-13-16-7-4-10-21-18(16)25-17-8-11-23(12-9-17)19(24)22-14-15-5-2-1-3-6-15/h1-7,10,17H,8-9,11-12,14H2,(H,22,24). The number of rotatable bonds is 4. The number of carbonyl (C=O) groups is 1. The zero-order valence-electron chi connectivity index (χ0n) is 13.9. The van der Waals surface area contributed by atoms with Crippen LogP contribution in [0.1, 0.15) is 24.0 Å². The van der Waals surface area contributed by atoms with Gasteiger partial charge in [-0.05, 0) is 17.7 Å². The molecule has 25 heavy (non-hydrogen) atoms. The van der Waals surface area contributed by atoms with E-state index in [2.05, 4.69) is 16.4 Å². The molecule has 1 aliphatic heterocycles. The predicted molar refractivity (Wildman–Crippen MR) is 92.9 cm³/mol. The van der Waals surface area contributed by atoms with Crippen LogP contribution in [0.3, 0.4) is 0 Å². The molecule has 1 aromatic carbocycles. The summed E-state index contributed by atoms with van der Waals surface area (Å²) in [5.74, 6) is 0.372. The number of urea groups is 1. The van der Waals surface area contributed by atoms with Gasteiger partial charge in [0.05, 0.1) is 0 Å². The van der Waals surface area contributed by atoms with Gasteiger partial charge in [-0.15, -0.1) is 0 Å². The summed E-state index contributed by atoms with van der Waals surface area (Å²) in [6.07, 6.45) is 3.03. The Labute approximate surface area is 147 Å². The number of aromatic nitrogens is 1. The minimum Gasteiger partial charge on any atom is -0.473 e. The molecule has 0 radical (unpaired) electrons. The zero-order chi connectivity index (χ0) is 17.5. The van der Waals surface area contributed by atoms with E-state index in [9.17, 15) is 4.79 Å². The molecule has 0 aliphatic carbocycles. The second kappa shape index (κ2) is 8.15. The van der Waals surface area contributed by atoms with Crippen LogP contribution in [0.25, 0.3) is 0 Å². The van der Waals surface area contributed by atoms with Crippen molar-refractivity contribution in [1.82, 2.24) is 15.2 Å². The second-order valence-electron chi connectivity index (χ2n) is 5.92. The molecular formula is C19H20N4O2. The number of benzene rings is 1. The van der Waals surface area contributed by atoms with Crippen LogP contribution in [0.2, 0.25) is 0 Å². The molecule has 2 aromatic rings. The molecule has 2 amide bonds. The number of nitrogens with zero attached hydrogens (tertiary/aromatic N) is 3. The van der Waals surface area contributed by atoms with E-state index in [1.807, 2.05) is 30.3 Å². The number of ether oxygens (including phenoxy) is 1. The van der Waals surface area contributed by atoms with Gasteiger partial charge >= 0.3 is 6.03 Å². The highest BCUT2D eigenvalue weighted by Crippen LogP contribution is 2.20. The Morgan fingerprint density at radius 1 is 1.24 bits per heavy atom. The molecule has 0 saturated carbocycles. The maximum atomic E-state index is 12.3. The summed E-state index contributed by atoms with van der Waals surface area (Å²) in [6.45, 7) is 1.77. The largest absolute Gasteiger partial charge is 0.473 e. The molecule has 3 rings (SSSR count). The van der Waals surface area contributed by atoms with Crippen LogP contribution in [0.15, 0.2) is 48.7 Å². The highest BCUT2D eigenvalue weighted by molar-refractivity contribution is 5.74. The molecule has 1 aromatic heterocycles. The quantitative estimate of drug-likeness (QED) is 0.931. The average Bonchev–Trinajstić information content (AvgIpc) is 2.68. The molecule has 1 saturated heterocycles. The molecule has 0 unspecified atom stereocenters. The maximum absolute atomic E-state index is 12.3. The predicted octanol–water partition coefficient (Wildman–Crippen LogP) is 2.71. The van der Waals surface area contributed by atoms with Gasteiger partial charge in [0.15, 0.2) is 0 Å². The van der Waals surface area contributed by atoms with Crippen molar-refractivity contribution < 1.29 is 9.53 Å². The van der Waals surface area contributed by atoms with E-state index in [-0.39, 0.29) is 12.1 Å². The van der Waals surface area contributed by atoms with Gasteiger partial charge in [-0.2, -0.15) is 5.26 Å². The first-order valence-electron chi connectivity index (χ1n) is 8.35.